The highest BCUT2D eigenvalue weighted by Gasteiger charge is 2.21. The summed E-state index contributed by atoms with van der Waals surface area (Å²) in [4.78, 5) is 37.5. The van der Waals surface area contributed by atoms with Gasteiger partial charge in [0, 0.05) is 12.8 Å². The molecule has 0 aliphatic heterocycles. The van der Waals surface area contributed by atoms with Crippen molar-refractivity contribution in [1.82, 2.24) is 0 Å². The maximum absolute atomic E-state index is 12.7. The molecule has 0 radical (unpaired) electrons. The molecule has 0 aromatic heterocycles. The van der Waals surface area contributed by atoms with Gasteiger partial charge in [-0.05, 0) is 57.8 Å². The van der Waals surface area contributed by atoms with E-state index < -0.39 is 26.5 Å². The van der Waals surface area contributed by atoms with E-state index in [0.29, 0.717) is 17.4 Å². The fourth-order valence-corrected chi connectivity index (χ4v) is 6.65. The van der Waals surface area contributed by atoms with Crippen LogP contribution in [0.1, 0.15) is 194 Å². The molecule has 0 saturated heterocycles. The van der Waals surface area contributed by atoms with E-state index in [1.54, 1.807) is 0 Å². The van der Waals surface area contributed by atoms with Crippen LogP contribution in [0.4, 0.5) is 0 Å². The van der Waals surface area contributed by atoms with Gasteiger partial charge in [-0.25, -0.2) is 0 Å². The highest BCUT2D eigenvalue weighted by Crippen LogP contribution is 2.38. The average molecular weight is 786 g/mol. The molecule has 1 unspecified atom stereocenters. The van der Waals surface area contributed by atoms with Crippen molar-refractivity contribution in [2.75, 3.05) is 47.5 Å². The van der Waals surface area contributed by atoms with Crippen LogP contribution in [0, 0.1) is 0 Å². The Bertz CT molecular complexity index is 980. The summed E-state index contributed by atoms with van der Waals surface area (Å²) in [6.07, 6.45) is 39.1. The first kappa shape index (κ1) is 52.5. The molecule has 0 aromatic carbocycles. The van der Waals surface area contributed by atoms with Crippen LogP contribution >= 0.6 is 7.82 Å². The van der Waals surface area contributed by atoms with Gasteiger partial charge in [0.05, 0.1) is 27.7 Å². The molecule has 2 atom stereocenters. The molecule has 0 aliphatic rings. The minimum Gasteiger partial charge on any atom is -0.756 e. The molecule has 0 saturated carbocycles. The molecule has 0 rings (SSSR count). The summed E-state index contributed by atoms with van der Waals surface area (Å²) in [6.45, 7) is 4.19. The van der Waals surface area contributed by atoms with Crippen LogP contribution in [0.2, 0.25) is 0 Å². The number of hydrogen-bond donors (Lipinski definition) is 0. The Labute approximate surface area is 332 Å². The molecule has 318 valence electrons. The van der Waals surface area contributed by atoms with Crippen molar-refractivity contribution >= 4 is 19.8 Å². The first-order valence-electron chi connectivity index (χ1n) is 22.0. The molecule has 0 amide bonds. The molecule has 0 bridgehead atoms. The van der Waals surface area contributed by atoms with Crippen molar-refractivity contribution < 1.29 is 42.1 Å². The SMILES string of the molecule is CCCC/C=C/CCCCCCCCCCCC(=O)O[C@H](COC(=O)CCCCCCCCC/C=C/CCCCCC)COP(=O)([O-])OCC[N+](C)(C)C. The van der Waals surface area contributed by atoms with Gasteiger partial charge in [-0.15, -0.1) is 0 Å². The van der Waals surface area contributed by atoms with Crippen molar-refractivity contribution in [3.8, 4) is 0 Å². The summed E-state index contributed by atoms with van der Waals surface area (Å²) in [7, 11) is 1.16. The van der Waals surface area contributed by atoms with E-state index in [1.807, 2.05) is 21.1 Å². The van der Waals surface area contributed by atoms with E-state index in [0.717, 1.165) is 51.4 Å². The number of carbonyl (C=O) groups excluding carboxylic acids is 2. The number of ether oxygens (including phenoxy) is 2. The first-order valence-corrected chi connectivity index (χ1v) is 23.5. The van der Waals surface area contributed by atoms with Crippen LogP contribution in [-0.4, -0.2) is 70.0 Å². The Morgan fingerprint density at radius 2 is 0.963 bits per heavy atom. The second-order valence-corrected chi connectivity index (χ2v) is 17.5. The predicted octanol–water partition coefficient (Wildman–Crippen LogP) is 11.7. The highest BCUT2D eigenvalue weighted by atomic mass is 31.2. The van der Waals surface area contributed by atoms with Gasteiger partial charge in [0.2, 0.25) is 0 Å². The van der Waals surface area contributed by atoms with Gasteiger partial charge in [-0.2, -0.15) is 0 Å². The zero-order chi connectivity index (χ0) is 40.0. The number of phosphoric acid groups is 1. The highest BCUT2D eigenvalue weighted by molar-refractivity contribution is 7.45. The summed E-state index contributed by atoms with van der Waals surface area (Å²) < 4.78 is 33.9. The lowest BCUT2D eigenvalue weighted by atomic mass is 10.1. The van der Waals surface area contributed by atoms with Gasteiger partial charge < -0.3 is 27.9 Å². The van der Waals surface area contributed by atoms with E-state index in [1.165, 1.54) is 109 Å². The molecule has 0 fully saturated rings. The molecule has 0 N–H and O–H groups in total. The number of allylic oxidation sites excluding steroid dienone is 4. The summed E-state index contributed by atoms with van der Waals surface area (Å²) in [5.41, 5.74) is 0. The monoisotopic (exact) mass is 786 g/mol. The van der Waals surface area contributed by atoms with Gasteiger partial charge in [0.1, 0.15) is 19.8 Å². The third kappa shape index (κ3) is 40.2. The fraction of sp³-hybridized carbons (Fsp3) is 0.864. The quantitative estimate of drug-likeness (QED) is 0.0198. The topological polar surface area (TPSA) is 111 Å². The number of hydrogen-bond acceptors (Lipinski definition) is 8. The van der Waals surface area contributed by atoms with Crippen molar-refractivity contribution in [3.63, 3.8) is 0 Å². The van der Waals surface area contributed by atoms with E-state index in [2.05, 4.69) is 38.2 Å². The zero-order valence-corrected chi connectivity index (χ0v) is 36.6. The van der Waals surface area contributed by atoms with Gasteiger partial charge in [0.25, 0.3) is 7.82 Å². The third-order valence-electron chi connectivity index (χ3n) is 9.44. The van der Waals surface area contributed by atoms with Crippen molar-refractivity contribution in [1.29, 1.82) is 0 Å². The lowest BCUT2D eigenvalue weighted by Gasteiger charge is -2.28. The Morgan fingerprint density at radius 1 is 0.556 bits per heavy atom. The van der Waals surface area contributed by atoms with Crippen molar-refractivity contribution in [2.24, 2.45) is 0 Å². The second-order valence-electron chi connectivity index (χ2n) is 16.1. The molecule has 9 nitrogen and oxygen atoms in total. The molecular weight excluding hydrogens is 701 g/mol. The summed E-state index contributed by atoms with van der Waals surface area (Å²) >= 11 is 0. The predicted molar refractivity (Wildman–Crippen MR) is 222 cm³/mol. The molecule has 0 aliphatic carbocycles. The van der Waals surface area contributed by atoms with Crippen LogP contribution in [0.5, 0.6) is 0 Å². The van der Waals surface area contributed by atoms with Crippen LogP contribution in [-0.2, 0) is 32.7 Å². The average Bonchev–Trinajstić information content (AvgIpc) is 3.12. The maximum Gasteiger partial charge on any atom is 0.306 e. The molecule has 0 aromatic rings. The van der Waals surface area contributed by atoms with E-state index in [-0.39, 0.29) is 32.0 Å². The number of nitrogens with zero attached hydrogens (tertiary/aromatic N) is 1. The molecule has 0 spiro atoms. The van der Waals surface area contributed by atoms with Crippen LogP contribution in [0.25, 0.3) is 0 Å². The first-order chi connectivity index (χ1) is 26.0. The Hall–Kier alpha value is -1.51. The van der Waals surface area contributed by atoms with Gasteiger partial charge >= 0.3 is 11.9 Å². The largest absolute Gasteiger partial charge is 0.756 e. The van der Waals surface area contributed by atoms with Crippen LogP contribution < -0.4 is 4.89 Å². The number of phosphoric ester groups is 1. The number of rotatable bonds is 40. The van der Waals surface area contributed by atoms with E-state index in [4.69, 9.17) is 18.5 Å². The Balaban J connectivity index is 4.35. The Kier molecular flexibility index (Phi) is 36.1. The van der Waals surface area contributed by atoms with Gasteiger partial charge in [-0.1, -0.05) is 147 Å². The van der Waals surface area contributed by atoms with Crippen LogP contribution in [0.15, 0.2) is 24.3 Å². The number of esters is 2. The standard InChI is InChI=1S/C44H84NO8P/c1-6-8-10-12-14-16-18-20-22-24-26-28-30-32-34-36-43(46)50-40-42(41-52-54(48,49)51-39-38-45(3,4)5)53-44(47)37-35-33-31-29-27-25-23-21-19-17-15-13-11-9-7-2/h13,15-16,18,42H,6-12,14,17,19-41H2,1-5H3/b15-13+,18-16+/t42-/m1/s1. The fourth-order valence-electron chi connectivity index (χ4n) is 5.92. The number of likely N-dealkylation sites (N-methyl/N-ethyl adjacent to an activating group) is 1. The van der Waals surface area contributed by atoms with E-state index in [9.17, 15) is 19.0 Å². The lowest BCUT2D eigenvalue weighted by molar-refractivity contribution is -0.870. The number of quaternary nitrogens is 1. The molecule has 10 heteroatoms. The second kappa shape index (κ2) is 37.1. The third-order valence-corrected chi connectivity index (χ3v) is 10.4. The Morgan fingerprint density at radius 3 is 1.43 bits per heavy atom. The van der Waals surface area contributed by atoms with Gasteiger partial charge in [0.15, 0.2) is 6.10 Å². The summed E-state index contributed by atoms with van der Waals surface area (Å²) in [5, 5.41) is 0. The summed E-state index contributed by atoms with van der Waals surface area (Å²) in [5.74, 6) is -0.838. The van der Waals surface area contributed by atoms with Crippen LogP contribution in [0.3, 0.4) is 0 Å². The minimum atomic E-state index is -4.62. The normalized spacial score (nSPS) is 13.8. The number of carbonyl (C=O) groups is 2. The minimum absolute atomic E-state index is 0.0306. The maximum atomic E-state index is 12.7. The number of unbranched alkanes of at least 4 members (excludes halogenated alkanes) is 22. The molecule has 54 heavy (non-hydrogen) atoms. The lowest BCUT2D eigenvalue weighted by Crippen LogP contribution is -2.37. The van der Waals surface area contributed by atoms with Crippen molar-refractivity contribution in [2.45, 2.75) is 200 Å². The van der Waals surface area contributed by atoms with Crippen molar-refractivity contribution in [3.05, 3.63) is 24.3 Å². The summed E-state index contributed by atoms with van der Waals surface area (Å²) in [6, 6.07) is 0. The van der Waals surface area contributed by atoms with E-state index >= 15 is 0 Å². The smallest absolute Gasteiger partial charge is 0.306 e. The molecule has 0 heterocycles. The zero-order valence-electron chi connectivity index (χ0n) is 35.7. The molecular formula is C44H84NO8P. The van der Waals surface area contributed by atoms with Gasteiger partial charge in [-0.3, -0.25) is 14.2 Å².